The molecule has 0 aliphatic heterocycles. The number of aliphatic hydroxyl groups excluding tert-OH is 1. The zero-order valence-electron chi connectivity index (χ0n) is 9.68. The summed E-state index contributed by atoms with van der Waals surface area (Å²) in [6.45, 7) is 0. The number of halogens is 2. The number of hydrogen-bond acceptors (Lipinski definition) is 2. The first-order valence-electron chi connectivity index (χ1n) is 5.69. The number of benzene rings is 1. The minimum absolute atomic E-state index is 0.286. The molecule has 2 rings (SSSR count). The lowest BCUT2D eigenvalue weighted by molar-refractivity contribution is 0.163. The van der Waals surface area contributed by atoms with Crippen LogP contribution in [0.15, 0.2) is 42.7 Å². The Kier molecular flexibility index (Phi) is 4.28. The molecule has 0 saturated carbocycles. The zero-order chi connectivity index (χ0) is 13.0. The highest BCUT2D eigenvalue weighted by Gasteiger charge is 2.13. The molecular formula is C14H13ClFNO. The van der Waals surface area contributed by atoms with Crippen LogP contribution in [0.25, 0.3) is 0 Å². The molecule has 0 bridgehead atoms. The van der Waals surface area contributed by atoms with Crippen LogP contribution < -0.4 is 0 Å². The van der Waals surface area contributed by atoms with Crippen molar-refractivity contribution in [2.75, 3.05) is 0 Å². The highest BCUT2D eigenvalue weighted by Crippen LogP contribution is 2.24. The molecule has 0 aliphatic carbocycles. The van der Waals surface area contributed by atoms with Gasteiger partial charge in [0, 0.05) is 23.0 Å². The van der Waals surface area contributed by atoms with Crippen molar-refractivity contribution in [1.82, 2.24) is 4.98 Å². The fourth-order valence-electron chi connectivity index (χ4n) is 1.78. The summed E-state index contributed by atoms with van der Waals surface area (Å²) in [5.41, 5.74) is 1.35. The van der Waals surface area contributed by atoms with Crippen molar-refractivity contribution in [3.05, 3.63) is 64.7 Å². The predicted octanol–water partition coefficient (Wildman–Crippen LogP) is 3.54. The fourth-order valence-corrected chi connectivity index (χ4v) is 1.94. The van der Waals surface area contributed by atoms with Gasteiger partial charge in [0.2, 0.25) is 0 Å². The van der Waals surface area contributed by atoms with Crippen LogP contribution in [0, 0.1) is 5.82 Å². The van der Waals surface area contributed by atoms with Gasteiger partial charge in [-0.1, -0.05) is 17.7 Å². The van der Waals surface area contributed by atoms with Crippen molar-refractivity contribution in [3.8, 4) is 0 Å². The van der Waals surface area contributed by atoms with E-state index in [-0.39, 0.29) is 5.56 Å². The summed E-state index contributed by atoms with van der Waals surface area (Å²) in [6, 6.07) is 8.08. The molecule has 1 unspecified atom stereocenters. The first kappa shape index (κ1) is 13.0. The van der Waals surface area contributed by atoms with Crippen molar-refractivity contribution in [2.24, 2.45) is 0 Å². The van der Waals surface area contributed by atoms with Crippen molar-refractivity contribution in [2.45, 2.75) is 18.9 Å². The van der Waals surface area contributed by atoms with Crippen LogP contribution in [0.5, 0.6) is 0 Å². The Labute approximate surface area is 110 Å². The topological polar surface area (TPSA) is 33.1 Å². The minimum Gasteiger partial charge on any atom is -0.388 e. The number of hydrogen-bond donors (Lipinski definition) is 1. The van der Waals surface area contributed by atoms with E-state index in [9.17, 15) is 9.50 Å². The molecule has 0 spiro atoms. The number of aromatic nitrogens is 1. The first-order valence-corrected chi connectivity index (χ1v) is 6.06. The van der Waals surface area contributed by atoms with Crippen LogP contribution in [0.1, 0.15) is 23.7 Å². The standard InChI is InChI=1S/C14H13ClFNO/c15-11-2-3-12(13(16)9-11)14(18)4-1-10-5-7-17-8-6-10/h2-3,5-9,14,18H,1,4H2. The molecule has 2 nitrogen and oxygen atoms in total. The number of pyridine rings is 1. The smallest absolute Gasteiger partial charge is 0.130 e. The van der Waals surface area contributed by atoms with Gasteiger partial charge in [-0.15, -0.1) is 0 Å². The second kappa shape index (κ2) is 5.94. The molecular weight excluding hydrogens is 253 g/mol. The minimum atomic E-state index is -0.824. The molecule has 0 fully saturated rings. The van der Waals surface area contributed by atoms with Crippen LogP contribution in [-0.4, -0.2) is 10.1 Å². The largest absolute Gasteiger partial charge is 0.388 e. The van der Waals surface area contributed by atoms with Gasteiger partial charge in [0.05, 0.1) is 6.10 Å². The molecule has 4 heteroatoms. The van der Waals surface area contributed by atoms with Gasteiger partial charge in [0.1, 0.15) is 5.82 Å². The summed E-state index contributed by atoms with van der Waals surface area (Å²) >= 11 is 5.67. The highest BCUT2D eigenvalue weighted by atomic mass is 35.5. The Balaban J connectivity index is 2.01. The molecule has 0 aliphatic rings. The summed E-state index contributed by atoms with van der Waals surface area (Å²) in [4.78, 5) is 3.92. The fraction of sp³-hybridized carbons (Fsp3) is 0.214. The summed E-state index contributed by atoms with van der Waals surface area (Å²) in [7, 11) is 0. The molecule has 1 atom stereocenters. The third-order valence-corrected chi connectivity index (χ3v) is 3.01. The average molecular weight is 266 g/mol. The van der Waals surface area contributed by atoms with Crippen molar-refractivity contribution in [1.29, 1.82) is 0 Å². The number of aliphatic hydroxyl groups is 1. The normalized spacial score (nSPS) is 12.4. The lowest BCUT2D eigenvalue weighted by Gasteiger charge is -2.12. The maximum absolute atomic E-state index is 13.6. The molecule has 94 valence electrons. The molecule has 0 radical (unpaired) electrons. The van der Waals surface area contributed by atoms with E-state index in [0.29, 0.717) is 17.9 Å². The average Bonchev–Trinajstić information content (AvgIpc) is 2.37. The van der Waals surface area contributed by atoms with E-state index in [0.717, 1.165) is 5.56 Å². The maximum Gasteiger partial charge on any atom is 0.130 e. The van der Waals surface area contributed by atoms with Gasteiger partial charge in [-0.25, -0.2) is 4.39 Å². The number of nitrogens with zero attached hydrogens (tertiary/aromatic N) is 1. The van der Waals surface area contributed by atoms with Gasteiger partial charge in [0.15, 0.2) is 0 Å². The Morgan fingerprint density at radius 3 is 2.61 bits per heavy atom. The quantitative estimate of drug-likeness (QED) is 0.917. The third kappa shape index (κ3) is 3.28. The van der Waals surface area contributed by atoms with E-state index in [1.165, 1.54) is 12.1 Å². The lowest BCUT2D eigenvalue weighted by atomic mass is 10.0. The molecule has 2 aromatic rings. The van der Waals surface area contributed by atoms with Crippen molar-refractivity contribution >= 4 is 11.6 Å². The number of rotatable bonds is 4. The van der Waals surface area contributed by atoms with Crippen molar-refractivity contribution in [3.63, 3.8) is 0 Å². The second-order valence-electron chi connectivity index (χ2n) is 4.08. The summed E-state index contributed by atoms with van der Waals surface area (Å²) in [5, 5.41) is 10.3. The highest BCUT2D eigenvalue weighted by molar-refractivity contribution is 6.30. The SMILES string of the molecule is OC(CCc1ccncc1)c1ccc(Cl)cc1F. The molecule has 0 amide bonds. The van der Waals surface area contributed by atoms with Crippen LogP contribution >= 0.6 is 11.6 Å². The van der Waals surface area contributed by atoms with E-state index < -0.39 is 11.9 Å². The molecule has 1 heterocycles. The van der Waals surface area contributed by atoms with Gasteiger partial charge in [0.25, 0.3) is 0 Å². The zero-order valence-corrected chi connectivity index (χ0v) is 10.4. The van der Waals surface area contributed by atoms with Gasteiger partial charge in [-0.3, -0.25) is 4.98 Å². The Morgan fingerprint density at radius 2 is 1.94 bits per heavy atom. The van der Waals surface area contributed by atoms with Crippen molar-refractivity contribution < 1.29 is 9.50 Å². The van der Waals surface area contributed by atoms with Crippen LogP contribution in [0.4, 0.5) is 4.39 Å². The van der Waals surface area contributed by atoms with E-state index in [4.69, 9.17) is 11.6 Å². The van der Waals surface area contributed by atoms with Gasteiger partial charge < -0.3 is 5.11 Å². The van der Waals surface area contributed by atoms with E-state index in [2.05, 4.69) is 4.98 Å². The van der Waals surface area contributed by atoms with Crippen LogP contribution in [0.3, 0.4) is 0 Å². The van der Waals surface area contributed by atoms with Gasteiger partial charge in [-0.2, -0.15) is 0 Å². The number of aryl methyl sites for hydroxylation is 1. The lowest BCUT2D eigenvalue weighted by Crippen LogP contribution is -2.02. The molecule has 1 N–H and O–H groups in total. The Hall–Kier alpha value is -1.45. The van der Waals surface area contributed by atoms with E-state index >= 15 is 0 Å². The second-order valence-corrected chi connectivity index (χ2v) is 4.51. The molecule has 18 heavy (non-hydrogen) atoms. The Bertz CT molecular complexity index is 518. The van der Waals surface area contributed by atoms with E-state index in [1.807, 2.05) is 12.1 Å². The van der Waals surface area contributed by atoms with Gasteiger partial charge >= 0.3 is 0 Å². The Morgan fingerprint density at radius 1 is 1.22 bits per heavy atom. The summed E-state index contributed by atoms with van der Waals surface area (Å²) in [6.07, 6.45) is 3.71. The monoisotopic (exact) mass is 265 g/mol. The van der Waals surface area contributed by atoms with E-state index in [1.54, 1.807) is 18.5 Å². The summed E-state index contributed by atoms with van der Waals surface area (Å²) in [5.74, 6) is -0.468. The molecule has 1 aromatic heterocycles. The van der Waals surface area contributed by atoms with Crippen LogP contribution in [-0.2, 0) is 6.42 Å². The van der Waals surface area contributed by atoms with Gasteiger partial charge in [-0.05, 0) is 42.7 Å². The molecule has 1 aromatic carbocycles. The molecule has 0 saturated heterocycles. The maximum atomic E-state index is 13.6. The first-order chi connectivity index (χ1) is 8.66. The summed E-state index contributed by atoms with van der Waals surface area (Å²) < 4.78 is 13.6. The van der Waals surface area contributed by atoms with Crippen LogP contribution in [0.2, 0.25) is 5.02 Å². The predicted molar refractivity (Wildman–Crippen MR) is 68.9 cm³/mol. The third-order valence-electron chi connectivity index (χ3n) is 2.78.